The number of likely N-dealkylation sites (tertiary alicyclic amines) is 1. The predicted molar refractivity (Wildman–Crippen MR) is 80.3 cm³/mol. The lowest BCUT2D eigenvalue weighted by Gasteiger charge is -2.34. The number of carbonyl (C=O) groups is 1. The first-order valence-electron chi connectivity index (χ1n) is 7.82. The zero-order valence-electron chi connectivity index (χ0n) is 13.4. The summed E-state index contributed by atoms with van der Waals surface area (Å²) in [4.78, 5) is 16.4. The minimum absolute atomic E-state index is 0.224. The molecule has 2 heterocycles. The van der Waals surface area contributed by atoms with Crippen LogP contribution in [0.15, 0.2) is 0 Å². The molecule has 0 aliphatic carbocycles. The van der Waals surface area contributed by atoms with Crippen LogP contribution in [0.4, 0.5) is 0 Å². The molecular formula is C15H32N2O2. The summed E-state index contributed by atoms with van der Waals surface area (Å²) in [5.74, 6) is 0.562. The molecule has 1 atom stereocenters. The molecule has 2 aliphatic heterocycles. The molecule has 1 unspecified atom stereocenters. The fourth-order valence-corrected chi connectivity index (χ4v) is 2.41. The van der Waals surface area contributed by atoms with Crippen molar-refractivity contribution in [2.45, 2.75) is 40.5 Å². The number of amides is 1. The Kier molecular flexibility index (Phi) is 10.9. The fraction of sp³-hybridized carbons (Fsp3) is 0.933. The standard InChI is InChI=1S/C11H20N2O2.2C2H6/c1-12-4-2-3-10(9-12)11(14)13-5-7-15-8-6-13;2*1-2/h10H,2-9H2,1H3;2*1-2H3. The molecule has 0 bridgehead atoms. The lowest BCUT2D eigenvalue weighted by Crippen LogP contribution is -2.47. The highest BCUT2D eigenvalue weighted by Crippen LogP contribution is 2.18. The fourth-order valence-electron chi connectivity index (χ4n) is 2.41. The van der Waals surface area contributed by atoms with Crippen LogP contribution in [0.2, 0.25) is 0 Å². The van der Waals surface area contributed by atoms with Crippen molar-refractivity contribution in [1.82, 2.24) is 9.80 Å². The van der Waals surface area contributed by atoms with Crippen molar-refractivity contribution in [3.8, 4) is 0 Å². The summed E-state index contributed by atoms with van der Waals surface area (Å²) in [7, 11) is 2.10. The van der Waals surface area contributed by atoms with E-state index < -0.39 is 0 Å². The summed E-state index contributed by atoms with van der Waals surface area (Å²) >= 11 is 0. The van der Waals surface area contributed by atoms with E-state index >= 15 is 0 Å². The quantitative estimate of drug-likeness (QED) is 0.734. The van der Waals surface area contributed by atoms with Crippen LogP contribution in [0.1, 0.15) is 40.5 Å². The van der Waals surface area contributed by atoms with Gasteiger partial charge < -0.3 is 14.5 Å². The molecule has 2 saturated heterocycles. The molecule has 0 N–H and O–H groups in total. The maximum absolute atomic E-state index is 12.1. The number of hydrogen-bond donors (Lipinski definition) is 0. The molecule has 2 rings (SSSR count). The van der Waals surface area contributed by atoms with Gasteiger partial charge in [-0.3, -0.25) is 4.79 Å². The van der Waals surface area contributed by atoms with E-state index in [-0.39, 0.29) is 5.92 Å². The van der Waals surface area contributed by atoms with Gasteiger partial charge >= 0.3 is 0 Å². The van der Waals surface area contributed by atoms with Gasteiger partial charge in [-0.05, 0) is 26.4 Å². The summed E-state index contributed by atoms with van der Waals surface area (Å²) in [5.41, 5.74) is 0. The minimum Gasteiger partial charge on any atom is -0.378 e. The number of ether oxygens (including phenoxy) is 1. The molecule has 4 nitrogen and oxygen atoms in total. The molecule has 2 aliphatic rings. The maximum atomic E-state index is 12.1. The summed E-state index contributed by atoms with van der Waals surface area (Å²) in [6, 6.07) is 0. The van der Waals surface area contributed by atoms with Crippen LogP contribution in [0.5, 0.6) is 0 Å². The first-order chi connectivity index (χ1) is 9.27. The Balaban J connectivity index is 0.000000741. The Morgan fingerprint density at radius 3 is 2.16 bits per heavy atom. The Bertz CT molecular complexity index is 228. The Hall–Kier alpha value is -0.610. The molecule has 0 aromatic heterocycles. The molecule has 0 spiro atoms. The van der Waals surface area contributed by atoms with Gasteiger partial charge in [0.05, 0.1) is 19.1 Å². The number of morpholine rings is 1. The summed E-state index contributed by atoms with van der Waals surface area (Å²) in [6.45, 7) is 13.0. The van der Waals surface area contributed by atoms with E-state index in [0.29, 0.717) is 19.1 Å². The molecular weight excluding hydrogens is 240 g/mol. The summed E-state index contributed by atoms with van der Waals surface area (Å²) < 4.78 is 5.25. The topological polar surface area (TPSA) is 32.8 Å². The molecule has 2 fully saturated rings. The molecule has 0 radical (unpaired) electrons. The van der Waals surface area contributed by atoms with E-state index in [9.17, 15) is 4.79 Å². The third kappa shape index (κ3) is 6.39. The maximum Gasteiger partial charge on any atom is 0.227 e. The second-order valence-corrected chi connectivity index (χ2v) is 4.54. The van der Waals surface area contributed by atoms with E-state index in [0.717, 1.165) is 39.0 Å². The number of carbonyl (C=O) groups excluding carboxylic acids is 1. The van der Waals surface area contributed by atoms with Crippen LogP contribution in [0, 0.1) is 5.92 Å². The monoisotopic (exact) mass is 272 g/mol. The summed E-state index contributed by atoms with van der Waals surface area (Å²) in [5, 5.41) is 0. The number of rotatable bonds is 1. The Morgan fingerprint density at radius 1 is 1.05 bits per heavy atom. The highest BCUT2D eigenvalue weighted by Gasteiger charge is 2.28. The van der Waals surface area contributed by atoms with Crippen molar-refractivity contribution in [3.63, 3.8) is 0 Å². The van der Waals surface area contributed by atoms with Gasteiger partial charge in [0.25, 0.3) is 0 Å². The molecule has 19 heavy (non-hydrogen) atoms. The molecule has 4 heteroatoms. The zero-order chi connectivity index (χ0) is 14.7. The lowest BCUT2D eigenvalue weighted by molar-refractivity contribution is -0.141. The average Bonchev–Trinajstić information content (AvgIpc) is 2.51. The third-order valence-corrected chi connectivity index (χ3v) is 3.30. The second kappa shape index (κ2) is 11.2. The average molecular weight is 272 g/mol. The van der Waals surface area contributed by atoms with Gasteiger partial charge in [0, 0.05) is 19.6 Å². The minimum atomic E-state index is 0.224. The SMILES string of the molecule is CC.CC.CN1CCCC(C(=O)N2CCOCC2)C1. The Labute approximate surface area is 119 Å². The molecule has 0 aromatic carbocycles. The van der Waals surface area contributed by atoms with Crippen molar-refractivity contribution < 1.29 is 9.53 Å². The van der Waals surface area contributed by atoms with Crippen molar-refractivity contribution in [1.29, 1.82) is 0 Å². The molecule has 114 valence electrons. The first kappa shape index (κ1) is 18.4. The van der Waals surface area contributed by atoms with Crippen LogP contribution < -0.4 is 0 Å². The predicted octanol–water partition coefficient (Wildman–Crippen LogP) is 2.24. The molecule has 0 aromatic rings. The van der Waals surface area contributed by atoms with Crippen LogP contribution in [-0.2, 0) is 9.53 Å². The van der Waals surface area contributed by atoms with Gasteiger partial charge in [0.1, 0.15) is 0 Å². The normalized spacial score (nSPS) is 23.6. The van der Waals surface area contributed by atoms with Crippen molar-refractivity contribution in [2.75, 3.05) is 46.4 Å². The number of nitrogens with zero attached hydrogens (tertiary/aromatic N) is 2. The summed E-state index contributed by atoms with van der Waals surface area (Å²) in [6.07, 6.45) is 2.21. The molecule has 1 amide bonds. The third-order valence-electron chi connectivity index (χ3n) is 3.30. The highest BCUT2D eigenvalue weighted by atomic mass is 16.5. The van der Waals surface area contributed by atoms with Gasteiger partial charge in [0.2, 0.25) is 5.91 Å². The van der Waals surface area contributed by atoms with E-state index in [1.807, 2.05) is 32.6 Å². The van der Waals surface area contributed by atoms with Crippen LogP contribution >= 0.6 is 0 Å². The van der Waals surface area contributed by atoms with Crippen LogP contribution in [0.25, 0.3) is 0 Å². The van der Waals surface area contributed by atoms with Gasteiger partial charge in [-0.1, -0.05) is 27.7 Å². The van der Waals surface area contributed by atoms with Gasteiger partial charge in [0.15, 0.2) is 0 Å². The van der Waals surface area contributed by atoms with E-state index in [2.05, 4.69) is 11.9 Å². The first-order valence-corrected chi connectivity index (χ1v) is 7.82. The highest BCUT2D eigenvalue weighted by molar-refractivity contribution is 5.79. The van der Waals surface area contributed by atoms with Crippen LogP contribution in [-0.4, -0.2) is 62.1 Å². The van der Waals surface area contributed by atoms with Crippen LogP contribution in [0.3, 0.4) is 0 Å². The smallest absolute Gasteiger partial charge is 0.227 e. The Morgan fingerprint density at radius 2 is 1.63 bits per heavy atom. The molecule has 0 saturated carbocycles. The number of hydrogen-bond acceptors (Lipinski definition) is 3. The van der Waals surface area contributed by atoms with E-state index in [1.54, 1.807) is 0 Å². The lowest BCUT2D eigenvalue weighted by atomic mass is 9.97. The number of piperidine rings is 1. The second-order valence-electron chi connectivity index (χ2n) is 4.54. The van der Waals surface area contributed by atoms with Gasteiger partial charge in [-0.15, -0.1) is 0 Å². The van der Waals surface area contributed by atoms with Gasteiger partial charge in [-0.25, -0.2) is 0 Å². The van der Waals surface area contributed by atoms with E-state index in [4.69, 9.17) is 4.74 Å². The van der Waals surface area contributed by atoms with E-state index in [1.165, 1.54) is 0 Å². The van der Waals surface area contributed by atoms with Crippen molar-refractivity contribution in [3.05, 3.63) is 0 Å². The van der Waals surface area contributed by atoms with Crippen molar-refractivity contribution >= 4 is 5.91 Å². The van der Waals surface area contributed by atoms with Crippen molar-refractivity contribution in [2.24, 2.45) is 5.92 Å². The largest absolute Gasteiger partial charge is 0.378 e. The zero-order valence-corrected chi connectivity index (χ0v) is 13.4. The van der Waals surface area contributed by atoms with Gasteiger partial charge in [-0.2, -0.15) is 0 Å².